The Labute approximate surface area is 208 Å². The van der Waals surface area contributed by atoms with E-state index in [2.05, 4.69) is 9.97 Å². The van der Waals surface area contributed by atoms with E-state index < -0.39 is 34.9 Å². The Hall–Kier alpha value is -4.13. The molecule has 36 heavy (non-hydrogen) atoms. The normalized spacial score (nSPS) is 16.5. The number of pyridine rings is 2. The molecule has 12 nitrogen and oxygen atoms in total. The van der Waals surface area contributed by atoms with Crippen LogP contribution in [0.3, 0.4) is 0 Å². The number of amides is 1. The predicted molar refractivity (Wildman–Crippen MR) is 134 cm³/mol. The molecule has 4 rings (SSSR count). The zero-order chi connectivity index (χ0) is 26.1. The van der Waals surface area contributed by atoms with E-state index in [-0.39, 0.29) is 36.6 Å². The van der Waals surface area contributed by atoms with Gasteiger partial charge < -0.3 is 25.7 Å². The van der Waals surface area contributed by atoms with Gasteiger partial charge in [0.2, 0.25) is 16.8 Å². The molecule has 1 aliphatic heterocycles. The summed E-state index contributed by atoms with van der Waals surface area (Å²) in [6, 6.07) is 5.46. The monoisotopic (exact) mass is 514 g/mol. The first kappa shape index (κ1) is 25.0. The van der Waals surface area contributed by atoms with Gasteiger partial charge in [0, 0.05) is 38.6 Å². The number of hydrogen-bond donors (Lipinski definition) is 4. The molecule has 190 valence electrons. The van der Waals surface area contributed by atoms with Gasteiger partial charge in [0.15, 0.2) is 0 Å². The molecule has 2 atom stereocenters. The number of anilines is 3. The molecule has 0 bridgehead atoms. The first-order valence-corrected chi connectivity index (χ1v) is 12.2. The van der Waals surface area contributed by atoms with Gasteiger partial charge in [-0.2, -0.15) is 0 Å². The highest BCUT2D eigenvalue weighted by molar-refractivity contribution is 7.74. The van der Waals surface area contributed by atoms with Crippen LogP contribution in [0.5, 0.6) is 5.75 Å². The third kappa shape index (κ3) is 4.69. The van der Waals surface area contributed by atoms with Crippen molar-refractivity contribution in [2.45, 2.75) is 24.9 Å². The Morgan fingerprint density at radius 3 is 2.61 bits per heavy atom. The van der Waals surface area contributed by atoms with Crippen LogP contribution in [0.1, 0.15) is 12.0 Å². The number of benzene rings is 1. The van der Waals surface area contributed by atoms with Crippen LogP contribution in [0.2, 0.25) is 0 Å². The van der Waals surface area contributed by atoms with E-state index >= 15 is 0 Å². The van der Waals surface area contributed by atoms with Gasteiger partial charge in [-0.1, -0.05) is 0 Å². The maximum Gasteiger partial charge on any atom is 0.326 e. The quantitative estimate of drug-likeness (QED) is 0.312. The maximum absolute atomic E-state index is 13.3. The van der Waals surface area contributed by atoms with Crippen LogP contribution in [-0.2, 0) is 26.9 Å². The van der Waals surface area contributed by atoms with Crippen molar-refractivity contribution in [3.05, 3.63) is 48.3 Å². The minimum absolute atomic E-state index is 0.0363. The highest BCUT2D eigenvalue weighted by Gasteiger charge is 2.43. The molecule has 0 aliphatic carbocycles. The van der Waals surface area contributed by atoms with E-state index in [1.165, 1.54) is 18.5 Å². The molecule has 0 unspecified atom stereocenters. The molecule has 1 amide bonds. The molecular formula is C23H26N6O6S. The lowest BCUT2D eigenvalue weighted by Gasteiger charge is -2.27. The third-order valence-electron chi connectivity index (χ3n) is 6.21. The number of phenols is 1. The lowest BCUT2D eigenvalue weighted by Crippen LogP contribution is -2.48. The number of carbonyl (C=O) groups is 2. The van der Waals surface area contributed by atoms with Crippen molar-refractivity contribution in [2.24, 2.45) is 0 Å². The van der Waals surface area contributed by atoms with Crippen LogP contribution in [0.4, 0.5) is 17.3 Å². The lowest BCUT2D eigenvalue weighted by molar-refractivity contribution is -0.148. The van der Waals surface area contributed by atoms with E-state index in [1.807, 2.05) is 0 Å². The minimum Gasteiger partial charge on any atom is -0.508 e. The number of fused-ring (bicyclic) bond motifs is 1. The fourth-order valence-electron chi connectivity index (χ4n) is 4.37. The number of nitrogens with zero attached hydrogens (tertiary/aromatic N) is 5. The summed E-state index contributed by atoms with van der Waals surface area (Å²) in [7, 11) is 0.373. The standard InChI is InChI=1S/C23H26N6O6S/c1-27(2)20-4-3-15(12-26-20)29(36(34)35)17-6-8-28(22(17)31)18(23(32)33)10-14-9-13-5-7-25-21(24)16(13)11-19(14)30/h3-5,7,9,11-12,17-18,30,36H,6,8,10H2,1-2H3,(H2,24,25)(H,32,33)/t17-,18+/m0/s1. The summed E-state index contributed by atoms with van der Waals surface area (Å²) in [6.45, 7) is 0.0363. The Morgan fingerprint density at radius 1 is 1.25 bits per heavy atom. The molecular weight excluding hydrogens is 488 g/mol. The summed E-state index contributed by atoms with van der Waals surface area (Å²) < 4.78 is 25.2. The predicted octanol–water partition coefficient (Wildman–Crippen LogP) is 0.613. The molecule has 13 heteroatoms. The molecule has 0 saturated carbocycles. The number of nitrogens with two attached hydrogens (primary N) is 1. The Morgan fingerprint density at radius 2 is 2.00 bits per heavy atom. The molecule has 3 heterocycles. The van der Waals surface area contributed by atoms with Crippen molar-refractivity contribution in [3.63, 3.8) is 0 Å². The van der Waals surface area contributed by atoms with Crippen molar-refractivity contribution in [2.75, 3.05) is 35.6 Å². The second-order valence-electron chi connectivity index (χ2n) is 8.64. The first-order valence-electron chi connectivity index (χ1n) is 11.0. The maximum atomic E-state index is 13.3. The van der Waals surface area contributed by atoms with Crippen LogP contribution in [0.15, 0.2) is 42.7 Å². The molecule has 4 N–H and O–H groups in total. The average molecular weight is 515 g/mol. The van der Waals surface area contributed by atoms with E-state index in [0.717, 1.165) is 9.21 Å². The van der Waals surface area contributed by atoms with Crippen LogP contribution < -0.4 is 14.9 Å². The molecule has 1 aliphatic rings. The molecule has 1 fully saturated rings. The average Bonchev–Trinajstić information content (AvgIpc) is 3.19. The Balaban J connectivity index is 1.61. The Bertz CT molecular complexity index is 1390. The lowest BCUT2D eigenvalue weighted by atomic mass is 10.00. The molecule has 0 spiro atoms. The zero-order valence-electron chi connectivity index (χ0n) is 19.6. The number of nitrogen functional groups attached to an aromatic ring is 1. The Kier molecular flexibility index (Phi) is 6.84. The number of phenolic OH excluding ortho intramolecular Hbond substituents is 1. The second-order valence-corrected chi connectivity index (χ2v) is 9.55. The van der Waals surface area contributed by atoms with Gasteiger partial charge in [0.05, 0.1) is 11.9 Å². The largest absolute Gasteiger partial charge is 0.508 e. The third-order valence-corrected chi connectivity index (χ3v) is 7.07. The number of rotatable bonds is 8. The fraction of sp³-hybridized carbons (Fsp3) is 0.304. The summed E-state index contributed by atoms with van der Waals surface area (Å²) in [6.07, 6.45) is 2.78. The van der Waals surface area contributed by atoms with Gasteiger partial charge in [-0.25, -0.2) is 23.2 Å². The fourth-order valence-corrected chi connectivity index (χ4v) is 5.12. The second kappa shape index (κ2) is 9.85. The van der Waals surface area contributed by atoms with Crippen LogP contribution in [0, 0.1) is 0 Å². The summed E-state index contributed by atoms with van der Waals surface area (Å²) in [5.74, 6) is -1.24. The number of carboxylic acid groups (broad SMARTS) is 1. The number of carboxylic acids is 1. The summed E-state index contributed by atoms with van der Waals surface area (Å²) in [5, 5.41) is 21.6. The number of carbonyl (C=O) groups excluding carboxylic acids is 1. The highest BCUT2D eigenvalue weighted by Crippen LogP contribution is 2.31. The van der Waals surface area contributed by atoms with Crippen LogP contribution in [0.25, 0.3) is 10.8 Å². The van der Waals surface area contributed by atoms with Gasteiger partial charge in [0.1, 0.15) is 29.5 Å². The smallest absolute Gasteiger partial charge is 0.326 e. The summed E-state index contributed by atoms with van der Waals surface area (Å²) in [4.78, 5) is 36.6. The van der Waals surface area contributed by atoms with Gasteiger partial charge >= 0.3 is 5.97 Å². The van der Waals surface area contributed by atoms with Gasteiger partial charge in [-0.15, -0.1) is 0 Å². The number of aliphatic carboxylic acids is 1. The van der Waals surface area contributed by atoms with Crippen molar-refractivity contribution >= 4 is 50.9 Å². The van der Waals surface area contributed by atoms with Crippen molar-refractivity contribution in [3.8, 4) is 5.75 Å². The van der Waals surface area contributed by atoms with Gasteiger partial charge in [-0.05, 0) is 47.7 Å². The van der Waals surface area contributed by atoms with E-state index in [4.69, 9.17) is 5.73 Å². The molecule has 1 aromatic carbocycles. The highest BCUT2D eigenvalue weighted by atomic mass is 32.2. The van der Waals surface area contributed by atoms with E-state index in [0.29, 0.717) is 22.2 Å². The van der Waals surface area contributed by atoms with Gasteiger partial charge in [0.25, 0.3) is 0 Å². The zero-order valence-corrected chi connectivity index (χ0v) is 20.5. The topological polar surface area (TPSA) is 170 Å². The molecule has 0 radical (unpaired) electrons. The molecule has 1 saturated heterocycles. The summed E-state index contributed by atoms with van der Waals surface area (Å²) in [5.41, 5.74) is 6.37. The molecule has 2 aromatic heterocycles. The van der Waals surface area contributed by atoms with E-state index in [1.54, 1.807) is 43.3 Å². The first-order chi connectivity index (χ1) is 17.1. The van der Waals surface area contributed by atoms with Crippen molar-refractivity contribution < 1.29 is 28.2 Å². The SMILES string of the molecule is CN(C)c1ccc(N([C@H]2CCN([C@H](Cc3cc4ccnc(N)c4cc3O)C(=O)O)C2=O)[SH](=O)=O)cn1. The van der Waals surface area contributed by atoms with Crippen LogP contribution in [-0.4, -0.2) is 78.1 Å². The summed E-state index contributed by atoms with van der Waals surface area (Å²) >= 11 is 0. The number of aromatic nitrogens is 2. The number of aromatic hydroxyl groups is 1. The van der Waals surface area contributed by atoms with Crippen molar-refractivity contribution in [1.29, 1.82) is 0 Å². The van der Waals surface area contributed by atoms with Gasteiger partial charge in [-0.3, -0.25) is 9.10 Å². The van der Waals surface area contributed by atoms with Crippen LogP contribution >= 0.6 is 0 Å². The molecule has 3 aromatic rings. The van der Waals surface area contributed by atoms with E-state index in [9.17, 15) is 28.2 Å². The number of thiol groups is 1. The van der Waals surface area contributed by atoms with Crippen molar-refractivity contribution in [1.82, 2.24) is 14.9 Å². The number of hydrogen-bond acceptors (Lipinski definition) is 9. The number of likely N-dealkylation sites (tertiary alicyclic amines) is 1. The minimum atomic E-state index is -3.21.